The van der Waals surface area contributed by atoms with Crippen molar-refractivity contribution < 1.29 is 170 Å². The summed E-state index contributed by atoms with van der Waals surface area (Å²) < 4.78 is 43.7. The number of Topliss-reactive ketones (excluding diaryl/α,β-unsaturated/α-hetero) is 1. The summed E-state index contributed by atoms with van der Waals surface area (Å²) in [6, 6.07) is -1.05. The number of nitrogens with one attached hydrogen (secondary N) is 1. The summed E-state index contributed by atoms with van der Waals surface area (Å²) in [4.78, 5) is 51.9. The smallest absolute Gasteiger partial charge is 0.329 e. The summed E-state index contributed by atoms with van der Waals surface area (Å²) in [6.07, 6.45) is 16.9. The number of allylic oxidation sites excluding steroid dienone is 2. The molecule has 0 aromatic carbocycles. The third-order valence-electron chi connectivity index (χ3n) is 16.9. The summed E-state index contributed by atoms with van der Waals surface area (Å²) >= 11 is 0. The molecule has 26 nitrogen and oxygen atoms in total. The van der Waals surface area contributed by atoms with Gasteiger partial charge in [-0.1, -0.05) is 55.4 Å². The van der Waals surface area contributed by atoms with Crippen LogP contribution in [0.1, 0.15) is 177 Å². The normalized spacial score (nSPS) is 24.2. The molecule has 5 N–H and O–H groups in total. The Bertz CT molecular complexity index is 5030. The lowest BCUT2D eigenvalue weighted by atomic mass is 9.81. The van der Waals surface area contributed by atoms with E-state index >= 15 is 0 Å². The molecule has 1 amide bonds. The molecule has 4 fully saturated rings. The van der Waals surface area contributed by atoms with Crippen molar-refractivity contribution in [2.75, 3.05) is 27.9 Å². The van der Waals surface area contributed by atoms with Crippen molar-refractivity contribution in [3.63, 3.8) is 0 Å². The zero-order chi connectivity index (χ0) is 86.3. The van der Waals surface area contributed by atoms with Gasteiger partial charge in [0, 0.05) is 269 Å². The molecule has 4 aliphatic heterocycles. The Morgan fingerprint density at radius 3 is 1.36 bits per heavy atom. The number of fused-ring (bicyclic) bond motifs is 5. The Labute approximate surface area is 743 Å². The van der Waals surface area contributed by atoms with Crippen LogP contribution in [-0.4, -0.2) is 138 Å². The molecule has 5 rings (SSSR count). The third kappa shape index (κ3) is 40.4. The summed E-state index contributed by atoms with van der Waals surface area (Å²) in [7, 11) is 4.77. The molecule has 0 aromatic rings. The van der Waals surface area contributed by atoms with Crippen molar-refractivity contribution >= 4 is 17.7 Å². The van der Waals surface area contributed by atoms with E-state index in [-0.39, 0.29) is 106 Å². The largest absolute Gasteiger partial charge is 0.456 e. The maximum absolute atomic E-state index is 14.6. The highest BCUT2D eigenvalue weighted by molar-refractivity contribution is 6.39. The Morgan fingerprint density at radius 2 is 0.958 bits per heavy atom. The van der Waals surface area contributed by atoms with Gasteiger partial charge in [-0.05, 0) is 250 Å². The van der Waals surface area contributed by atoms with Crippen LogP contribution < -0.4 is 5.64 Å². The molecule has 0 radical (unpaired) electrons. The van der Waals surface area contributed by atoms with E-state index < -0.39 is 71.7 Å². The molecule has 4 bridgehead atoms. The van der Waals surface area contributed by atoms with Crippen molar-refractivity contribution in [2.24, 2.45) is 29.6 Å². The van der Waals surface area contributed by atoms with Crippen LogP contribution in [0.3, 0.4) is 0 Å². The molecule has 5 aliphatic rings. The van der Waals surface area contributed by atoms with Gasteiger partial charge in [0.05, 0.1) is 36.6 Å². The van der Waals surface area contributed by atoms with Crippen molar-refractivity contribution in [2.45, 2.75) is 192 Å². The molecule has 26 heteroatoms. The van der Waals surface area contributed by atoms with E-state index in [1.54, 1.807) is 28.3 Å². The standard InChI is InChI=1S/C46H75NO12.C46H2.H3NO12.36H2/c1-12-32-20-26(2)19-27(3)21-38(54-10)41-39(55-11)23-29(5)46(52,59-41)42(49)43(50)47-18-14-13-15-33(47)44(51)56-40(30(6)35-25-36(32)58-45(7,8)57-35)28(4)22-31-16-17-34(48)37(24-31)53-9;1-3-5-7-9-11-13-15-17-19-21-23-25-27-29-31-33-35-37-39-41-43-45-46-44-42-40-38-36-34-32-30-28-26-24-22-20-18-16-14-12-10-8-6-4-2;2-6-10-12-8-4-1-5-9-13-11-7-3;;;;;;;;;;;;;;;;;;;;;;;;;;;;;;;;;;;;/h20,22,27,29-41,48,52H,12-19,21,23-25H2,1-11H3;1-2H;1-3H;36*1H/b26-20+,28-22+;;;;;;;;;;;;;;;;;;;;;;;;;;;;;;;;;;;;;;/t27-,29+,30+,31-,32+,33-,34+,35-,36-,37+,38-,39-,40+,41+,46+;;;;;;;;;;;;;;;;;;;;;;;;;;;;;;;;;;;;;;/m0....................................../s1. The number of rotatable bonds is 16. The Hall–Kier alpha value is -12.9. The molecule has 3 saturated heterocycles. The van der Waals surface area contributed by atoms with Crippen LogP contribution in [-0.2, 0) is 97.8 Å². The number of cyclic esters (lactones) is 1. The van der Waals surface area contributed by atoms with Crippen molar-refractivity contribution in [1.29, 1.82) is 0 Å². The van der Waals surface area contributed by atoms with Gasteiger partial charge in [-0.3, -0.25) is 9.59 Å². The highest BCUT2D eigenvalue weighted by Gasteiger charge is 2.57. The lowest BCUT2D eigenvalue weighted by molar-refractivity contribution is -0.792. The Kier molecular flexibility index (Phi) is 51.1. The molecule has 1 saturated carbocycles. The van der Waals surface area contributed by atoms with Crippen molar-refractivity contribution in [1.82, 2.24) is 10.5 Å². The lowest BCUT2D eigenvalue weighted by Crippen LogP contribution is -2.64. The molecule has 0 unspecified atom stereocenters. The topological polar surface area (TPSA) is 304 Å². The van der Waals surface area contributed by atoms with E-state index in [1.807, 2.05) is 27.7 Å². The lowest BCUT2D eigenvalue weighted by Gasteiger charge is -2.47. The molecular weight excluding hydrogens is 1520 g/mol. The maximum Gasteiger partial charge on any atom is 0.329 e. The van der Waals surface area contributed by atoms with Crippen LogP contribution in [0.25, 0.3) is 0 Å². The first-order valence-electron chi connectivity index (χ1n) is 35.7. The molecule has 0 spiro atoms. The van der Waals surface area contributed by atoms with Crippen LogP contribution in [0.15, 0.2) is 23.3 Å². The highest BCUT2D eigenvalue weighted by atomic mass is 17.9. The van der Waals surface area contributed by atoms with Gasteiger partial charge >= 0.3 is 5.97 Å². The Balaban J connectivity index is -0.0000000437. The number of aliphatic hydroxyl groups is 2. The average molecular weight is 1670 g/mol. The number of hydrogen-bond donors (Lipinski definition) is 5. The van der Waals surface area contributed by atoms with Crippen LogP contribution >= 0.6 is 0 Å². The van der Waals surface area contributed by atoms with Crippen LogP contribution in [0.4, 0.5) is 0 Å². The SMILES string of the molecule is C#CC#CC#CC#CC#CC#CC#CC#CC#CC#CC#CC#CC#CC#CC#CC#CC#CC#CC#CC#CC#CC#CC#C.CC[C@@H]1/C=C(\C)C[C@H](C)C[C@H](OC)[C@H]2O[C@@](O)(C(=O)C(=O)N3CCCC[C@H]3C(=O)O[C@H](/C(C)=C/[C@@H]3CC[C@@H](O)[C@H](OC)C3)[C@H](C)[C@@H]3C[C@@H]1OC(C)(C)O3)[C@H](C)C[C@@H]2OC.OOOOOONOOOOOO.[HH].[HH].[HH].[HH].[HH].[HH].[HH].[HH].[HH].[HH].[HH].[HH].[HH].[HH].[HH].[HH].[HH].[HH].[HH].[HH].[HH].[HH].[HH].[HH].[HH].[HH].[HH].[HH].[HH].[HH].[HH].[HH].[HH].[HH].[HH].[HH]. The Morgan fingerprint density at radius 1 is 0.551 bits per heavy atom. The van der Waals surface area contributed by atoms with Gasteiger partial charge in [-0.25, -0.2) is 15.3 Å². The van der Waals surface area contributed by atoms with Crippen LogP contribution in [0.2, 0.25) is 0 Å². The number of nitrogens with zero attached hydrogens (tertiary/aromatic N) is 1. The zero-order valence-corrected chi connectivity index (χ0v) is 66.3. The van der Waals surface area contributed by atoms with E-state index in [0.717, 1.165) is 24.8 Å². The van der Waals surface area contributed by atoms with Crippen LogP contribution in [0, 0.1) is 303 Å². The van der Waals surface area contributed by atoms with Crippen molar-refractivity contribution in [3.05, 3.63) is 23.3 Å². The minimum Gasteiger partial charge on any atom is -0.456 e. The van der Waals surface area contributed by atoms with Crippen molar-refractivity contribution in [3.8, 4) is 273 Å². The summed E-state index contributed by atoms with van der Waals surface area (Å²) in [5.41, 5.74) is 3.42. The van der Waals surface area contributed by atoms with Gasteiger partial charge in [0.15, 0.2) is 5.79 Å². The first-order chi connectivity index (χ1) is 57.2. The minimum atomic E-state index is -2.46. The number of aliphatic hydroxyl groups excluding tert-OH is 1. The number of piperidine rings is 1. The quantitative estimate of drug-likeness (QED) is 0.0182. The van der Waals surface area contributed by atoms with Gasteiger partial charge in [0.1, 0.15) is 18.2 Å². The van der Waals surface area contributed by atoms with Gasteiger partial charge < -0.3 is 48.3 Å². The third-order valence-corrected chi connectivity index (χ3v) is 16.9. The number of ether oxygens (including phenoxy) is 7. The molecular formula is C92H152N2O24. The molecule has 4 heterocycles. The zero-order valence-electron chi connectivity index (χ0n) is 66.3. The maximum atomic E-state index is 14.6. The summed E-state index contributed by atoms with van der Waals surface area (Å²) in [6.45, 7) is 16.1. The van der Waals surface area contributed by atoms with Crippen LogP contribution in [0.5, 0.6) is 0 Å². The molecule has 1 aliphatic carbocycles. The monoisotopic (exact) mass is 1670 g/mol. The van der Waals surface area contributed by atoms with Gasteiger partial charge in [0.2, 0.25) is 5.79 Å². The second kappa shape index (κ2) is 60.7. The van der Waals surface area contributed by atoms with E-state index in [9.17, 15) is 24.6 Å². The van der Waals surface area contributed by atoms with Gasteiger partial charge in [-0.15, -0.1) is 12.8 Å². The van der Waals surface area contributed by atoms with E-state index in [4.69, 9.17) is 56.5 Å². The number of ketones is 1. The van der Waals surface area contributed by atoms with Gasteiger partial charge in [0.25, 0.3) is 11.7 Å². The van der Waals surface area contributed by atoms with E-state index in [2.05, 4.69) is 344 Å². The van der Waals surface area contributed by atoms with E-state index in [1.165, 1.54) is 16.1 Å². The predicted molar refractivity (Wildman–Crippen MR) is 497 cm³/mol. The minimum absolute atomic E-state index is 0. The number of carbonyl (C=O) groups is 3. The number of amides is 1. The fourth-order valence-corrected chi connectivity index (χ4v) is 12.0. The number of carbonyl (C=O) groups excluding carboxylic acids is 3. The first kappa shape index (κ1) is 99.3. The second-order valence-electron chi connectivity index (χ2n) is 25.3. The number of esters is 1. The molecule has 0 aromatic heterocycles. The fourth-order valence-electron chi connectivity index (χ4n) is 12.0. The number of terminal acetylenes is 2. The van der Waals surface area contributed by atoms with E-state index in [0.29, 0.717) is 44.9 Å². The average Bonchev–Trinajstić information content (AvgIpc) is 0.830. The summed E-state index contributed by atoms with van der Waals surface area (Å²) in [5.74, 6) is 101. The molecule has 118 heavy (non-hydrogen) atoms. The predicted octanol–water partition coefficient (Wildman–Crippen LogP) is 14.1. The highest BCUT2D eigenvalue weighted by Crippen LogP contribution is 2.42. The number of hydrogen-bond acceptors (Lipinski definition) is 25. The molecule has 15 atom stereocenters. The summed E-state index contributed by atoms with van der Waals surface area (Å²) in [5, 5.41) is 63.5. The fraction of sp³-hybridized carbons (Fsp3) is 0.424. The first-order valence-corrected chi connectivity index (χ1v) is 35.7. The number of methoxy groups -OCH3 is 3. The van der Waals surface area contributed by atoms with Gasteiger partial charge in [-0.2, -0.15) is 0 Å². The molecule has 674 valence electrons. The second-order valence-corrected chi connectivity index (χ2v) is 25.3.